The zero-order valence-corrected chi connectivity index (χ0v) is 7.32. The maximum absolute atomic E-state index is 10.2. The topological polar surface area (TPSA) is 26.3 Å². The van der Waals surface area contributed by atoms with Gasteiger partial charge >= 0.3 is 0 Å². The van der Waals surface area contributed by atoms with E-state index >= 15 is 0 Å². The van der Waals surface area contributed by atoms with Crippen LogP contribution in [-0.2, 0) is 9.53 Å². The second-order valence-electron chi connectivity index (χ2n) is 1.90. The van der Waals surface area contributed by atoms with E-state index < -0.39 is 0 Å². The van der Waals surface area contributed by atoms with Crippen molar-refractivity contribution < 1.29 is 9.53 Å². The van der Waals surface area contributed by atoms with Crippen molar-refractivity contribution in [2.75, 3.05) is 18.6 Å². The first-order valence-corrected chi connectivity index (χ1v) is 4.56. The van der Waals surface area contributed by atoms with E-state index in [1.54, 1.807) is 7.11 Å². The van der Waals surface area contributed by atoms with E-state index in [1.807, 2.05) is 11.8 Å². The van der Waals surface area contributed by atoms with Gasteiger partial charge in [-0.3, -0.25) is 0 Å². The Bertz CT molecular complexity index is 85.7. The zero-order chi connectivity index (χ0) is 7.82. The maximum atomic E-state index is 10.2. The van der Waals surface area contributed by atoms with Gasteiger partial charge in [-0.25, -0.2) is 0 Å². The summed E-state index contributed by atoms with van der Waals surface area (Å²) in [6.07, 6.45) is 1.49. The predicted octanol–water partition coefficient (Wildman–Crippen LogP) is 1.34. The van der Waals surface area contributed by atoms with Gasteiger partial charge < -0.3 is 9.53 Å². The van der Waals surface area contributed by atoms with Crippen LogP contribution in [0.1, 0.15) is 13.3 Å². The lowest BCUT2D eigenvalue weighted by Crippen LogP contribution is -2.12. The van der Waals surface area contributed by atoms with Crippen molar-refractivity contribution in [2.24, 2.45) is 0 Å². The Morgan fingerprint density at radius 1 is 1.70 bits per heavy atom. The van der Waals surface area contributed by atoms with E-state index in [0.29, 0.717) is 0 Å². The van der Waals surface area contributed by atoms with E-state index in [2.05, 4.69) is 6.92 Å². The predicted molar refractivity (Wildman–Crippen MR) is 44.5 cm³/mol. The minimum atomic E-state index is -0.195. The number of carbonyl (C=O) groups excluding carboxylic acids is 1. The molecule has 0 aliphatic carbocycles. The third-order valence-corrected chi connectivity index (χ3v) is 2.14. The first kappa shape index (κ1) is 9.98. The average molecular weight is 162 g/mol. The highest BCUT2D eigenvalue weighted by molar-refractivity contribution is 7.99. The summed E-state index contributed by atoms with van der Waals surface area (Å²) in [6, 6.07) is 0. The summed E-state index contributed by atoms with van der Waals surface area (Å²) in [6.45, 7) is 2.10. The van der Waals surface area contributed by atoms with Crippen LogP contribution in [0.25, 0.3) is 0 Å². The fourth-order valence-corrected chi connectivity index (χ4v) is 1.27. The standard InChI is InChI=1S/C7H14O2S/c1-3-10-5-4-7(6-8)9-2/h6-7H,3-5H2,1-2H3. The lowest BCUT2D eigenvalue weighted by Gasteiger charge is -2.05. The Balaban J connectivity index is 3.17. The molecule has 0 N–H and O–H groups in total. The SMILES string of the molecule is CCSCCC(C=O)OC. The minimum absolute atomic E-state index is 0.195. The first-order chi connectivity index (χ1) is 4.85. The van der Waals surface area contributed by atoms with Gasteiger partial charge in [0.15, 0.2) is 0 Å². The van der Waals surface area contributed by atoms with Crippen LogP contribution in [0, 0.1) is 0 Å². The van der Waals surface area contributed by atoms with Gasteiger partial charge in [0.05, 0.1) is 0 Å². The lowest BCUT2D eigenvalue weighted by molar-refractivity contribution is -0.116. The van der Waals surface area contributed by atoms with E-state index in [9.17, 15) is 4.79 Å². The number of rotatable bonds is 6. The monoisotopic (exact) mass is 162 g/mol. The second kappa shape index (κ2) is 7.09. The Labute approximate surface area is 66.3 Å². The summed E-state index contributed by atoms with van der Waals surface area (Å²) < 4.78 is 4.86. The third-order valence-electron chi connectivity index (χ3n) is 1.21. The van der Waals surface area contributed by atoms with Crippen LogP contribution in [0.5, 0.6) is 0 Å². The van der Waals surface area contributed by atoms with Gasteiger partial charge in [-0.2, -0.15) is 11.8 Å². The van der Waals surface area contributed by atoms with Crippen molar-refractivity contribution in [3.05, 3.63) is 0 Å². The molecule has 1 unspecified atom stereocenters. The highest BCUT2D eigenvalue weighted by atomic mass is 32.2. The number of aldehydes is 1. The molecule has 0 aromatic rings. The first-order valence-electron chi connectivity index (χ1n) is 3.41. The molecule has 0 rings (SSSR count). The largest absolute Gasteiger partial charge is 0.374 e. The van der Waals surface area contributed by atoms with Crippen LogP contribution in [0.2, 0.25) is 0 Å². The summed E-state index contributed by atoms with van der Waals surface area (Å²) in [4.78, 5) is 10.2. The molecular formula is C7H14O2S. The van der Waals surface area contributed by atoms with Gasteiger partial charge in [0.25, 0.3) is 0 Å². The number of carbonyl (C=O) groups is 1. The van der Waals surface area contributed by atoms with Crippen LogP contribution < -0.4 is 0 Å². The fourth-order valence-electron chi connectivity index (χ4n) is 0.585. The Morgan fingerprint density at radius 2 is 2.40 bits per heavy atom. The Morgan fingerprint density at radius 3 is 2.80 bits per heavy atom. The molecule has 0 bridgehead atoms. The molecule has 0 heterocycles. The molecule has 10 heavy (non-hydrogen) atoms. The highest BCUT2D eigenvalue weighted by Gasteiger charge is 2.02. The van der Waals surface area contributed by atoms with E-state index in [4.69, 9.17) is 4.74 Å². The van der Waals surface area contributed by atoms with Crippen molar-refractivity contribution in [1.29, 1.82) is 0 Å². The van der Waals surface area contributed by atoms with Crippen molar-refractivity contribution >= 4 is 18.0 Å². The molecule has 1 atom stereocenters. The number of hydrogen-bond acceptors (Lipinski definition) is 3. The molecule has 60 valence electrons. The number of methoxy groups -OCH3 is 1. The summed E-state index contributed by atoms with van der Waals surface area (Å²) >= 11 is 1.83. The van der Waals surface area contributed by atoms with Crippen LogP contribution in [0.15, 0.2) is 0 Å². The number of hydrogen-bond donors (Lipinski definition) is 0. The van der Waals surface area contributed by atoms with E-state index in [0.717, 1.165) is 24.2 Å². The van der Waals surface area contributed by atoms with Crippen LogP contribution in [0.4, 0.5) is 0 Å². The quantitative estimate of drug-likeness (QED) is 0.435. The van der Waals surface area contributed by atoms with Gasteiger partial charge in [0, 0.05) is 7.11 Å². The highest BCUT2D eigenvalue weighted by Crippen LogP contribution is 2.04. The molecule has 0 aromatic carbocycles. The van der Waals surface area contributed by atoms with Crippen molar-refractivity contribution in [2.45, 2.75) is 19.4 Å². The van der Waals surface area contributed by atoms with Crippen molar-refractivity contribution in [3.63, 3.8) is 0 Å². The Kier molecular flexibility index (Phi) is 7.08. The molecule has 0 aromatic heterocycles. The molecule has 0 spiro atoms. The minimum Gasteiger partial charge on any atom is -0.374 e. The van der Waals surface area contributed by atoms with Crippen molar-refractivity contribution in [3.8, 4) is 0 Å². The second-order valence-corrected chi connectivity index (χ2v) is 3.29. The van der Waals surface area contributed by atoms with Crippen LogP contribution in [-0.4, -0.2) is 31.0 Å². The molecule has 3 heteroatoms. The summed E-state index contributed by atoms with van der Waals surface area (Å²) in [7, 11) is 1.57. The molecule has 0 radical (unpaired) electrons. The number of ether oxygens (including phenoxy) is 1. The summed E-state index contributed by atoms with van der Waals surface area (Å²) in [5.74, 6) is 2.11. The van der Waals surface area contributed by atoms with Gasteiger partial charge in [-0.15, -0.1) is 0 Å². The van der Waals surface area contributed by atoms with Crippen LogP contribution in [0.3, 0.4) is 0 Å². The molecule has 0 saturated carbocycles. The van der Waals surface area contributed by atoms with Gasteiger partial charge in [-0.1, -0.05) is 6.92 Å². The van der Waals surface area contributed by atoms with Gasteiger partial charge in [-0.05, 0) is 17.9 Å². The fraction of sp³-hybridized carbons (Fsp3) is 0.857. The summed E-state index contributed by atoms with van der Waals surface area (Å²) in [5.41, 5.74) is 0. The molecule has 0 aliphatic heterocycles. The van der Waals surface area contributed by atoms with Crippen molar-refractivity contribution in [1.82, 2.24) is 0 Å². The van der Waals surface area contributed by atoms with Gasteiger partial charge in [0.2, 0.25) is 0 Å². The molecule has 2 nitrogen and oxygen atoms in total. The molecule has 0 fully saturated rings. The zero-order valence-electron chi connectivity index (χ0n) is 6.50. The maximum Gasteiger partial charge on any atom is 0.148 e. The average Bonchev–Trinajstić information content (AvgIpc) is 1.99. The Hall–Kier alpha value is -0.0200. The third kappa shape index (κ3) is 4.82. The van der Waals surface area contributed by atoms with E-state index in [-0.39, 0.29) is 6.10 Å². The smallest absolute Gasteiger partial charge is 0.148 e. The molecule has 0 amide bonds. The van der Waals surface area contributed by atoms with Gasteiger partial charge in [0.1, 0.15) is 12.4 Å². The molecule has 0 saturated heterocycles. The molecular weight excluding hydrogens is 148 g/mol. The molecule has 0 aliphatic rings. The van der Waals surface area contributed by atoms with Crippen LogP contribution >= 0.6 is 11.8 Å². The normalized spacial score (nSPS) is 13.0. The van der Waals surface area contributed by atoms with E-state index in [1.165, 1.54) is 0 Å². The lowest BCUT2D eigenvalue weighted by atomic mass is 10.3. The summed E-state index contributed by atoms with van der Waals surface area (Å²) in [5, 5.41) is 0. The number of thioether (sulfide) groups is 1.